The van der Waals surface area contributed by atoms with Crippen LogP contribution in [0, 0.1) is 10.8 Å². The second kappa shape index (κ2) is 8.03. The van der Waals surface area contributed by atoms with E-state index < -0.39 is 15.5 Å². The molecule has 0 spiro atoms. The third kappa shape index (κ3) is 4.51. The Morgan fingerprint density at radius 3 is 1.40 bits per heavy atom. The normalized spacial score (nSPS) is 36.6. The minimum absolute atomic E-state index is 0.0547. The highest BCUT2D eigenvalue weighted by Crippen LogP contribution is 2.63. The third-order valence-electron chi connectivity index (χ3n) is 6.24. The minimum Gasteiger partial charge on any atom is -0.297 e. The van der Waals surface area contributed by atoms with Crippen molar-refractivity contribution in [2.75, 3.05) is 39.5 Å². The summed E-state index contributed by atoms with van der Waals surface area (Å²) in [4.78, 5) is 12.9. The molecule has 172 valence electrons. The van der Waals surface area contributed by atoms with E-state index in [9.17, 15) is 13.9 Å². The van der Waals surface area contributed by atoms with Crippen LogP contribution in [0.4, 0.5) is 0 Å². The first kappa shape index (κ1) is 23.1. The van der Waals surface area contributed by atoms with Crippen molar-refractivity contribution in [3.63, 3.8) is 0 Å². The number of fused-ring (bicyclic) bond motifs is 1. The molecule has 4 fully saturated rings. The molecule has 0 bridgehead atoms. The van der Waals surface area contributed by atoms with Crippen molar-refractivity contribution in [3.8, 4) is 0 Å². The Balaban J connectivity index is 1.63. The molecule has 1 aliphatic carbocycles. The van der Waals surface area contributed by atoms with Crippen molar-refractivity contribution in [2.24, 2.45) is 10.8 Å². The van der Waals surface area contributed by atoms with Crippen LogP contribution in [0.5, 0.6) is 0 Å². The molecule has 9 nitrogen and oxygen atoms in total. The number of carbonyl (C=O) groups is 1. The molecule has 2 atom stereocenters. The molecule has 0 N–H and O–H groups in total. The lowest BCUT2D eigenvalue weighted by molar-refractivity contribution is -0.119. The smallest absolute Gasteiger partial charge is 0.297 e. The van der Waals surface area contributed by atoms with Gasteiger partial charge in [-0.15, -0.1) is 0 Å². The Kier molecular flexibility index (Phi) is 6.18. The van der Waals surface area contributed by atoms with Crippen molar-refractivity contribution >= 4 is 21.3 Å². The van der Waals surface area contributed by atoms with Crippen LogP contribution in [0.15, 0.2) is 0 Å². The van der Waals surface area contributed by atoms with Gasteiger partial charge in [0.05, 0.1) is 39.5 Å². The topological polar surface area (TPSA) is 94.6 Å². The van der Waals surface area contributed by atoms with E-state index in [2.05, 4.69) is 0 Å². The number of ketones is 1. The first-order valence-corrected chi connectivity index (χ1v) is 13.8. The van der Waals surface area contributed by atoms with Gasteiger partial charge in [-0.1, -0.05) is 40.5 Å². The monoisotopic (exact) mass is 464 g/mol. The van der Waals surface area contributed by atoms with E-state index >= 15 is 0 Å². The Bertz CT molecular complexity index is 697. The van der Waals surface area contributed by atoms with Crippen molar-refractivity contribution in [1.29, 1.82) is 0 Å². The quantitative estimate of drug-likeness (QED) is 0.565. The van der Waals surface area contributed by atoms with E-state index in [0.29, 0.717) is 26.4 Å². The zero-order valence-corrected chi connectivity index (χ0v) is 20.2. The van der Waals surface area contributed by atoms with Crippen LogP contribution in [0.2, 0.25) is 0 Å². The van der Waals surface area contributed by atoms with Crippen molar-refractivity contribution in [1.82, 2.24) is 9.34 Å². The van der Waals surface area contributed by atoms with Gasteiger partial charge in [0.2, 0.25) is 0 Å². The van der Waals surface area contributed by atoms with E-state index in [1.165, 1.54) is 0 Å². The molecule has 0 radical (unpaired) electrons. The highest BCUT2D eigenvalue weighted by Gasteiger charge is 2.54. The maximum Gasteiger partial charge on any atom is 0.408 e. The summed E-state index contributed by atoms with van der Waals surface area (Å²) in [6.07, 6.45) is 3.31. The fourth-order valence-corrected chi connectivity index (χ4v) is 9.17. The van der Waals surface area contributed by atoms with Gasteiger partial charge >= 0.3 is 15.5 Å². The summed E-state index contributed by atoms with van der Waals surface area (Å²) in [6, 6.07) is -0.546. The van der Waals surface area contributed by atoms with E-state index in [1.807, 2.05) is 27.7 Å². The first-order chi connectivity index (χ1) is 13.9. The molecule has 0 aromatic rings. The summed E-state index contributed by atoms with van der Waals surface area (Å²) in [7, 11) is -7.24. The van der Waals surface area contributed by atoms with Crippen LogP contribution >= 0.6 is 15.5 Å². The summed E-state index contributed by atoms with van der Waals surface area (Å²) in [6.45, 7) is 9.04. The van der Waals surface area contributed by atoms with Crippen LogP contribution in [0.25, 0.3) is 0 Å². The Hall–Kier alpha value is -0.110. The predicted molar refractivity (Wildman–Crippen MR) is 111 cm³/mol. The van der Waals surface area contributed by atoms with E-state index in [4.69, 9.17) is 18.1 Å². The zero-order valence-electron chi connectivity index (χ0n) is 18.4. The molecule has 0 unspecified atom stereocenters. The van der Waals surface area contributed by atoms with Gasteiger partial charge in [0.25, 0.3) is 0 Å². The SMILES string of the molecule is CC1(C)COP(=O)(N2CC(=O)CN(P3(=O)OCC(C)(C)CO3)[C@@H]3CCCC[C@H]32)OC1. The number of rotatable bonds is 2. The number of Topliss-reactive ketones (excluding diaryl/α,β-unsaturated/α-hetero) is 1. The fourth-order valence-electron chi connectivity index (χ4n) is 4.45. The van der Waals surface area contributed by atoms with Gasteiger partial charge < -0.3 is 0 Å². The summed E-state index contributed by atoms with van der Waals surface area (Å²) in [5, 5.41) is 0. The summed E-state index contributed by atoms with van der Waals surface area (Å²) >= 11 is 0. The fraction of sp³-hybridized carbons (Fsp3) is 0.947. The highest BCUT2D eigenvalue weighted by atomic mass is 31.2. The lowest BCUT2D eigenvalue weighted by Gasteiger charge is -2.47. The maximum absolute atomic E-state index is 13.7. The van der Waals surface area contributed by atoms with Crippen LogP contribution in [-0.2, 0) is 32.0 Å². The summed E-state index contributed by atoms with van der Waals surface area (Å²) < 4.78 is 53.6. The largest absolute Gasteiger partial charge is 0.408 e. The molecule has 1 saturated carbocycles. The molecular weight excluding hydrogens is 430 g/mol. The molecule has 3 aliphatic heterocycles. The van der Waals surface area contributed by atoms with Crippen LogP contribution in [0.1, 0.15) is 53.4 Å². The average molecular weight is 464 g/mol. The summed E-state index contributed by atoms with van der Waals surface area (Å²) in [5.41, 5.74) is -0.466. The molecule has 3 heterocycles. The second-order valence-electron chi connectivity index (χ2n) is 10.5. The predicted octanol–water partition coefficient (Wildman–Crippen LogP) is 3.85. The molecule has 4 rings (SSSR count). The van der Waals surface area contributed by atoms with Gasteiger partial charge in [0.15, 0.2) is 5.78 Å². The maximum atomic E-state index is 13.7. The average Bonchev–Trinajstić information content (AvgIpc) is 2.85. The number of carbonyl (C=O) groups excluding carboxylic acids is 1. The van der Waals surface area contributed by atoms with Gasteiger partial charge in [-0.3, -0.25) is 22.9 Å². The van der Waals surface area contributed by atoms with Crippen LogP contribution < -0.4 is 0 Å². The number of hydrogen-bond acceptors (Lipinski definition) is 7. The molecule has 4 aliphatic rings. The van der Waals surface area contributed by atoms with E-state index in [0.717, 1.165) is 25.7 Å². The lowest BCUT2D eigenvalue weighted by Crippen LogP contribution is -2.51. The first-order valence-electron chi connectivity index (χ1n) is 10.8. The lowest BCUT2D eigenvalue weighted by atomic mass is 9.90. The van der Waals surface area contributed by atoms with Gasteiger partial charge in [0, 0.05) is 22.9 Å². The number of nitrogens with zero attached hydrogens (tertiary/aromatic N) is 2. The Labute approximate surface area is 178 Å². The second-order valence-corrected chi connectivity index (χ2v) is 14.4. The van der Waals surface area contributed by atoms with Crippen molar-refractivity contribution < 1.29 is 32.0 Å². The van der Waals surface area contributed by atoms with Crippen LogP contribution in [0.3, 0.4) is 0 Å². The molecule has 0 amide bonds. The Morgan fingerprint density at radius 1 is 0.733 bits per heavy atom. The third-order valence-corrected chi connectivity index (χ3v) is 10.2. The van der Waals surface area contributed by atoms with E-state index in [-0.39, 0.29) is 41.8 Å². The van der Waals surface area contributed by atoms with Gasteiger partial charge in [-0.05, 0) is 12.8 Å². The highest BCUT2D eigenvalue weighted by molar-refractivity contribution is 7.51. The zero-order chi connectivity index (χ0) is 21.8. The molecule has 0 aromatic carbocycles. The van der Waals surface area contributed by atoms with Gasteiger partial charge in [0.1, 0.15) is 0 Å². The summed E-state index contributed by atoms with van der Waals surface area (Å²) in [5.74, 6) is -0.191. The molecule has 0 aromatic heterocycles. The van der Waals surface area contributed by atoms with Crippen molar-refractivity contribution in [3.05, 3.63) is 0 Å². The van der Waals surface area contributed by atoms with Gasteiger partial charge in [-0.25, -0.2) is 9.13 Å². The molecule has 30 heavy (non-hydrogen) atoms. The van der Waals surface area contributed by atoms with E-state index in [1.54, 1.807) is 9.34 Å². The Morgan fingerprint density at radius 2 is 1.07 bits per heavy atom. The standard InChI is InChI=1S/C19H34N2O7P2/c1-18(2)11-25-29(23,26-12-18)20-9-15(22)10-21(17-8-6-5-7-16(17)20)30(24)27-13-19(3,4)14-28-30/h16-17H,5-14H2,1-4H3/t16-,17-/m1/s1. The van der Waals surface area contributed by atoms with Crippen LogP contribution in [-0.4, -0.2) is 66.7 Å². The molecule has 11 heteroatoms. The van der Waals surface area contributed by atoms with Gasteiger partial charge in [-0.2, -0.15) is 9.34 Å². The molecule has 3 saturated heterocycles. The minimum atomic E-state index is -3.62. The molecular formula is C19H34N2O7P2. The number of hydrogen-bond donors (Lipinski definition) is 0. The van der Waals surface area contributed by atoms with Crippen molar-refractivity contribution in [2.45, 2.75) is 65.5 Å².